The summed E-state index contributed by atoms with van der Waals surface area (Å²) in [6, 6.07) is -0.509. The van der Waals surface area contributed by atoms with E-state index in [9.17, 15) is 14.4 Å². The van der Waals surface area contributed by atoms with Crippen molar-refractivity contribution in [1.82, 2.24) is 15.5 Å². The van der Waals surface area contributed by atoms with Crippen molar-refractivity contribution in [3.8, 4) is 0 Å². The summed E-state index contributed by atoms with van der Waals surface area (Å²) >= 11 is 0. The molecule has 0 aliphatic heterocycles. The number of urea groups is 1. The van der Waals surface area contributed by atoms with Gasteiger partial charge in [-0.2, -0.15) is 0 Å². The highest BCUT2D eigenvalue weighted by atomic mass is 16.5. The van der Waals surface area contributed by atoms with Gasteiger partial charge >= 0.3 is 12.0 Å². The summed E-state index contributed by atoms with van der Waals surface area (Å²) in [5.41, 5.74) is -0.392. The second-order valence-corrected chi connectivity index (χ2v) is 5.67. The first-order chi connectivity index (χ1) is 9.14. The number of carbonyl (C=O) groups excluding carboxylic acids is 3. The summed E-state index contributed by atoms with van der Waals surface area (Å²) in [5.74, 6) is -0.653. The quantitative estimate of drug-likeness (QED) is 0.694. The van der Waals surface area contributed by atoms with Crippen LogP contribution in [0.3, 0.4) is 0 Å². The highest BCUT2D eigenvalue weighted by Gasteiger charge is 2.16. The highest BCUT2D eigenvalue weighted by molar-refractivity contribution is 5.95. The topological polar surface area (TPSA) is 87.7 Å². The van der Waals surface area contributed by atoms with Crippen LogP contribution >= 0.6 is 0 Å². The van der Waals surface area contributed by atoms with E-state index in [0.29, 0.717) is 19.4 Å². The van der Waals surface area contributed by atoms with E-state index in [1.165, 1.54) is 7.11 Å². The van der Waals surface area contributed by atoms with E-state index in [-0.39, 0.29) is 18.4 Å². The highest BCUT2D eigenvalue weighted by Crippen LogP contribution is 1.98. The molecule has 0 saturated carbocycles. The van der Waals surface area contributed by atoms with E-state index in [4.69, 9.17) is 0 Å². The first-order valence-electron chi connectivity index (χ1n) is 6.51. The summed E-state index contributed by atoms with van der Waals surface area (Å²) in [6.45, 7) is 6.16. The van der Waals surface area contributed by atoms with E-state index in [1.54, 1.807) is 11.9 Å². The van der Waals surface area contributed by atoms with Crippen molar-refractivity contribution in [1.29, 1.82) is 0 Å². The van der Waals surface area contributed by atoms with Crippen molar-refractivity contribution in [3.05, 3.63) is 0 Å². The molecule has 0 aromatic carbocycles. The third-order valence-corrected chi connectivity index (χ3v) is 2.30. The van der Waals surface area contributed by atoms with Crippen LogP contribution in [0, 0.1) is 0 Å². The lowest BCUT2D eigenvalue weighted by molar-refractivity contribution is -0.140. The van der Waals surface area contributed by atoms with Gasteiger partial charge in [0.25, 0.3) is 0 Å². The number of methoxy groups -OCH3 is 1. The Balaban J connectivity index is 3.90. The average Bonchev–Trinajstić information content (AvgIpc) is 2.25. The minimum absolute atomic E-state index is 0.0960. The van der Waals surface area contributed by atoms with Crippen LogP contribution in [0.1, 0.15) is 33.6 Å². The minimum atomic E-state index is -0.509. The van der Waals surface area contributed by atoms with Crippen LogP contribution in [0.4, 0.5) is 4.79 Å². The molecule has 0 aromatic heterocycles. The zero-order valence-electron chi connectivity index (χ0n) is 12.9. The van der Waals surface area contributed by atoms with Crippen LogP contribution in [0.25, 0.3) is 0 Å². The monoisotopic (exact) mass is 287 g/mol. The zero-order chi connectivity index (χ0) is 15.8. The van der Waals surface area contributed by atoms with E-state index in [0.717, 1.165) is 0 Å². The Morgan fingerprint density at radius 1 is 1.20 bits per heavy atom. The number of likely N-dealkylation sites (N-methyl/N-ethyl adjacent to an activating group) is 1. The van der Waals surface area contributed by atoms with Gasteiger partial charge in [0.1, 0.15) is 0 Å². The first kappa shape index (κ1) is 18.4. The lowest BCUT2D eigenvalue weighted by Gasteiger charge is -2.21. The van der Waals surface area contributed by atoms with Crippen molar-refractivity contribution >= 4 is 17.9 Å². The molecule has 7 nitrogen and oxygen atoms in total. The molecule has 0 aromatic rings. The van der Waals surface area contributed by atoms with E-state index in [1.807, 2.05) is 20.8 Å². The number of hydrogen-bond acceptors (Lipinski definition) is 5. The predicted molar refractivity (Wildman–Crippen MR) is 75.2 cm³/mol. The van der Waals surface area contributed by atoms with Gasteiger partial charge in [-0.25, -0.2) is 4.79 Å². The Morgan fingerprint density at radius 3 is 2.30 bits per heavy atom. The second-order valence-electron chi connectivity index (χ2n) is 5.67. The fourth-order valence-corrected chi connectivity index (χ4v) is 1.46. The number of carbonyl (C=O) groups is 3. The van der Waals surface area contributed by atoms with E-state index >= 15 is 0 Å². The van der Waals surface area contributed by atoms with Gasteiger partial charge in [0.2, 0.25) is 5.91 Å². The van der Waals surface area contributed by atoms with Crippen LogP contribution in [0.15, 0.2) is 0 Å². The Bertz CT molecular complexity index is 350. The number of nitrogens with zero attached hydrogens (tertiary/aromatic N) is 1. The van der Waals surface area contributed by atoms with Crippen molar-refractivity contribution in [2.45, 2.75) is 39.2 Å². The minimum Gasteiger partial charge on any atom is -0.469 e. The van der Waals surface area contributed by atoms with Gasteiger partial charge in [-0.15, -0.1) is 0 Å². The van der Waals surface area contributed by atoms with Gasteiger partial charge in [0.05, 0.1) is 13.7 Å². The molecule has 0 bridgehead atoms. The standard InChI is InChI=1S/C13H25N3O4/c1-13(2,3)15-12(19)14-10(17)9-16(4)8-6-7-11(18)20-5/h6-9H2,1-5H3,(H2,14,15,17,19). The lowest BCUT2D eigenvalue weighted by Crippen LogP contribution is -2.50. The molecule has 0 aliphatic carbocycles. The molecule has 7 heteroatoms. The Kier molecular flexibility index (Phi) is 7.83. The third kappa shape index (κ3) is 10.3. The lowest BCUT2D eigenvalue weighted by atomic mass is 10.1. The molecule has 0 fully saturated rings. The fraction of sp³-hybridized carbons (Fsp3) is 0.769. The molecular weight excluding hydrogens is 262 g/mol. The molecule has 0 unspecified atom stereocenters. The Morgan fingerprint density at radius 2 is 1.80 bits per heavy atom. The summed E-state index contributed by atoms with van der Waals surface area (Å²) in [5, 5.41) is 4.89. The Labute approximate surface area is 120 Å². The molecule has 0 saturated heterocycles. The van der Waals surface area contributed by atoms with Crippen LogP contribution < -0.4 is 10.6 Å². The molecule has 0 radical (unpaired) electrons. The number of hydrogen-bond donors (Lipinski definition) is 2. The second kappa shape index (κ2) is 8.52. The smallest absolute Gasteiger partial charge is 0.321 e. The van der Waals surface area contributed by atoms with Crippen LogP contribution in [0.2, 0.25) is 0 Å². The molecular formula is C13H25N3O4. The maximum absolute atomic E-state index is 11.6. The van der Waals surface area contributed by atoms with Gasteiger partial charge in [0, 0.05) is 12.0 Å². The molecule has 0 atom stereocenters. The number of imide groups is 1. The number of amides is 3. The van der Waals surface area contributed by atoms with Gasteiger partial charge < -0.3 is 10.1 Å². The average molecular weight is 287 g/mol. The molecule has 0 heterocycles. The summed E-state index contributed by atoms with van der Waals surface area (Å²) in [6.07, 6.45) is 0.914. The molecule has 2 N–H and O–H groups in total. The normalized spacial score (nSPS) is 11.1. The van der Waals surface area contributed by atoms with Gasteiger partial charge in [-0.3, -0.25) is 19.8 Å². The van der Waals surface area contributed by atoms with Crippen molar-refractivity contribution in [2.75, 3.05) is 27.2 Å². The first-order valence-corrected chi connectivity index (χ1v) is 6.51. The van der Waals surface area contributed by atoms with Gasteiger partial charge in [-0.1, -0.05) is 0 Å². The maximum Gasteiger partial charge on any atom is 0.321 e. The summed E-state index contributed by atoms with van der Waals surface area (Å²) in [4.78, 5) is 35.7. The molecule has 0 rings (SSSR count). The van der Waals surface area contributed by atoms with Crippen molar-refractivity contribution in [3.63, 3.8) is 0 Å². The van der Waals surface area contributed by atoms with E-state index in [2.05, 4.69) is 15.4 Å². The molecule has 3 amide bonds. The third-order valence-electron chi connectivity index (χ3n) is 2.30. The fourth-order valence-electron chi connectivity index (χ4n) is 1.46. The van der Waals surface area contributed by atoms with Crippen LogP contribution in [0.5, 0.6) is 0 Å². The summed E-state index contributed by atoms with van der Waals surface area (Å²) in [7, 11) is 3.09. The molecule has 20 heavy (non-hydrogen) atoms. The van der Waals surface area contributed by atoms with Gasteiger partial charge in [0.15, 0.2) is 0 Å². The largest absolute Gasteiger partial charge is 0.469 e. The zero-order valence-corrected chi connectivity index (χ0v) is 12.9. The van der Waals surface area contributed by atoms with Crippen molar-refractivity contribution in [2.24, 2.45) is 0 Å². The molecule has 116 valence electrons. The van der Waals surface area contributed by atoms with Crippen LogP contribution in [-0.4, -0.2) is 55.6 Å². The van der Waals surface area contributed by atoms with E-state index < -0.39 is 11.6 Å². The molecule has 0 spiro atoms. The number of nitrogens with one attached hydrogen (secondary N) is 2. The van der Waals surface area contributed by atoms with Crippen LogP contribution in [-0.2, 0) is 14.3 Å². The van der Waals surface area contributed by atoms with Crippen molar-refractivity contribution < 1.29 is 19.1 Å². The maximum atomic E-state index is 11.6. The SMILES string of the molecule is COC(=O)CCCN(C)CC(=O)NC(=O)NC(C)(C)C. The number of ether oxygens (including phenoxy) is 1. The Hall–Kier alpha value is -1.63. The number of rotatable bonds is 6. The summed E-state index contributed by atoms with van der Waals surface area (Å²) < 4.78 is 4.52. The number of esters is 1. The van der Waals surface area contributed by atoms with Gasteiger partial charge in [-0.05, 0) is 40.8 Å². The predicted octanol–water partition coefficient (Wildman–Crippen LogP) is 0.496. The molecule has 0 aliphatic rings.